The number of nitrogens with one attached hydrogen (secondary N) is 1. The van der Waals surface area contributed by atoms with E-state index in [0.717, 1.165) is 13.0 Å². The van der Waals surface area contributed by atoms with Gasteiger partial charge in [0.1, 0.15) is 0 Å². The quantitative estimate of drug-likeness (QED) is 0.535. The number of H-pyrrole nitrogens is 1. The zero-order valence-corrected chi connectivity index (χ0v) is 15.6. The van der Waals surface area contributed by atoms with Crippen LogP contribution >= 0.6 is 0 Å². The van der Waals surface area contributed by atoms with E-state index in [-0.39, 0.29) is 54.1 Å². The van der Waals surface area contributed by atoms with E-state index in [4.69, 9.17) is 10.5 Å². The third-order valence-corrected chi connectivity index (χ3v) is 5.11. The molecule has 4 N–H and O–H groups in total. The number of hydrogen-bond acceptors (Lipinski definition) is 8. The molecule has 1 saturated carbocycles. The van der Waals surface area contributed by atoms with Crippen LogP contribution in [0.3, 0.4) is 0 Å². The largest absolute Gasteiger partial charge is 0.465 e. The second kappa shape index (κ2) is 8.05. The number of esters is 1. The van der Waals surface area contributed by atoms with Crippen molar-refractivity contribution in [3.8, 4) is 0 Å². The number of hydrogen-bond donors (Lipinski definition) is 3. The van der Waals surface area contributed by atoms with Crippen molar-refractivity contribution in [3.05, 3.63) is 16.7 Å². The SMILES string of the molecule is CN(C)CCCC(=O)OC[C@H]1C[C@@H](n2cnc3c(=O)[nH]c(N)nc32)[C@H]1CO. The van der Waals surface area contributed by atoms with Crippen LogP contribution in [0.15, 0.2) is 11.1 Å². The Hall–Kier alpha value is -2.46. The molecule has 1 aliphatic rings. The molecule has 0 saturated heterocycles. The number of aliphatic hydroxyl groups is 1. The summed E-state index contributed by atoms with van der Waals surface area (Å²) in [4.78, 5) is 36.5. The van der Waals surface area contributed by atoms with Crippen molar-refractivity contribution < 1.29 is 14.6 Å². The Bertz CT molecular complexity index is 861. The van der Waals surface area contributed by atoms with Gasteiger partial charge in [-0.2, -0.15) is 4.98 Å². The van der Waals surface area contributed by atoms with Gasteiger partial charge in [-0.25, -0.2) is 4.98 Å². The van der Waals surface area contributed by atoms with Crippen molar-refractivity contribution in [2.75, 3.05) is 39.6 Å². The van der Waals surface area contributed by atoms with Gasteiger partial charge in [-0.15, -0.1) is 0 Å². The molecule has 0 spiro atoms. The zero-order chi connectivity index (χ0) is 19.6. The van der Waals surface area contributed by atoms with Gasteiger partial charge in [-0.1, -0.05) is 0 Å². The second-order valence-electron chi connectivity index (χ2n) is 7.27. The van der Waals surface area contributed by atoms with Gasteiger partial charge in [0.25, 0.3) is 5.56 Å². The van der Waals surface area contributed by atoms with E-state index in [1.54, 1.807) is 10.9 Å². The standard InChI is InChI=1S/C17H26N6O4/c1-22(2)5-3-4-13(25)27-8-10-6-12(11(10)7-24)23-9-19-14-15(23)20-17(18)21-16(14)26/h9-12,24H,3-8H2,1-2H3,(H3,18,20,21,26)/t10-,11+,12-/m1/s1. The molecule has 10 heteroatoms. The number of carbonyl (C=O) groups is 1. The Labute approximate surface area is 156 Å². The molecule has 0 aromatic carbocycles. The van der Waals surface area contributed by atoms with Crippen molar-refractivity contribution >= 4 is 23.1 Å². The first-order chi connectivity index (χ1) is 12.9. The Morgan fingerprint density at radius 3 is 3.00 bits per heavy atom. The van der Waals surface area contributed by atoms with Crippen LogP contribution in [-0.2, 0) is 9.53 Å². The number of nitrogens with two attached hydrogens (primary N) is 1. The Morgan fingerprint density at radius 1 is 1.52 bits per heavy atom. The number of aromatic amines is 1. The maximum atomic E-state index is 11.9. The molecule has 10 nitrogen and oxygen atoms in total. The number of aromatic nitrogens is 4. The third-order valence-electron chi connectivity index (χ3n) is 5.11. The van der Waals surface area contributed by atoms with Crippen molar-refractivity contribution in [1.82, 2.24) is 24.4 Å². The fourth-order valence-electron chi connectivity index (χ4n) is 3.56. The Kier molecular flexibility index (Phi) is 5.76. The number of imidazole rings is 1. The molecule has 0 unspecified atom stereocenters. The van der Waals surface area contributed by atoms with E-state index in [0.29, 0.717) is 18.5 Å². The van der Waals surface area contributed by atoms with Crippen LogP contribution in [0.4, 0.5) is 5.95 Å². The summed E-state index contributed by atoms with van der Waals surface area (Å²) in [5.74, 6) is -0.225. The van der Waals surface area contributed by atoms with Gasteiger partial charge in [0.2, 0.25) is 5.95 Å². The first-order valence-electron chi connectivity index (χ1n) is 9.04. The minimum Gasteiger partial charge on any atom is -0.465 e. The summed E-state index contributed by atoms with van der Waals surface area (Å²) in [6, 6.07) is -0.0638. The van der Waals surface area contributed by atoms with E-state index in [9.17, 15) is 14.7 Å². The van der Waals surface area contributed by atoms with E-state index in [2.05, 4.69) is 15.0 Å². The van der Waals surface area contributed by atoms with Crippen LogP contribution in [0.2, 0.25) is 0 Å². The molecular formula is C17H26N6O4. The molecule has 2 heterocycles. The van der Waals surface area contributed by atoms with Gasteiger partial charge in [0.05, 0.1) is 12.9 Å². The van der Waals surface area contributed by atoms with E-state index in [1.807, 2.05) is 19.0 Å². The monoisotopic (exact) mass is 378 g/mol. The second-order valence-corrected chi connectivity index (χ2v) is 7.27. The Balaban J connectivity index is 1.60. The molecule has 0 aliphatic heterocycles. The molecule has 2 aromatic rings. The van der Waals surface area contributed by atoms with E-state index in [1.165, 1.54) is 0 Å². The van der Waals surface area contributed by atoms with Gasteiger partial charge in [0.15, 0.2) is 11.2 Å². The fraction of sp³-hybridized carbons (Fsp3) is 0.647. The molecule has 0 radical (unpaired) electrons. The van der Waals surface area contributed by atoms with Gasteiger partial charge in [0, 0.05) is 30.9 Å². The summed E-state index contributed by atoms with van der Waals surface area (Å²) >= 11 is 0. The first kappa shape index (κ1) is 19.3. The van der Waals surface area contributed by atoms with Gasteiger partial charge >= 0.3 is 5.97 Å². The van der Waals surface area contributed by atoms with Crippen LogP contribution in [-0.4, -0.2) is 69.3 Å². The number of carbonyl (C=O) groups excluding carboxylic acids is 1. The molecule has 0 amide bonds. The zero-order valence-electron chi connectivity index (χ0n) is 15.6. The van der Waals surface area contributed by atoms with Gasteiger partial charge < -0.3 is 25.0 Å². The minimum absolute atomic E-state index is 0.0253. The van der Waals surface area contributed by atoms with Crippen LogP contribution in [0.1, 0.15) is 25.3 Å². The van der Waals surface area contributed by atoms with Crippen molar-refractivity contribution in [2.45, 2.75) is 25.3 Å². The molecular weight excluding hydrogens is 352 g/mol. The molecule has 0 bridgehead atoms. The summed E-state index contributed by atoms with van der Waals surface area (Å²) in [6.07, 6.45) is 3.39. The Morgan fingerprint density at radius 2 is 2.30 bits per heavy atom. The lowest BCUT2D eigenvalue weighted by Crippen LogP contribution is -2.43. The first-order valence-corrected chi connectivity index (χ1v) is 9.04. The highest BCUT2D eigenvalue weighted by Gasteiger charge is 2.43. The van der Waals surface area contributed by atoms with E-state index < -0.39 is 0 Å². The number of nitrogen functional groups attached to an aromatic ring is 1. The van der Waals surface area contributed by atoms with Crippen molar-refractivity contribution in [1.29, 1.82) is 0 Å². The number of fused-ring (bicyclic) bond motifs is 1. The van der Waals surface area contributed by atoms with Crippen LogP contribution in [0, 0.1) is 11.8 Å². The van der Waals surface area contributed by atoms with Crippen LogP contribution < -0.4 is 11.3 Å². The highest BCUT2D eigenvalue weighted by molar-refractivity contribution is 5.71. The fourth-order valence-corrected chi connectivity index (χ4v) is 3.56. The topological polar surface area (TPSA) is 139 Å². The summed E-state index contributed by atoms with van der Waals surface area (Å²) in [5, 5.41) is 9.78. The van der Waals surface area contributed by atoms with Crippen molar-refractivity contribution in [2.24, 2.45) is 11.8 Å². The normalized spacial score (nSPS) is 22.1. The van der Waals surface area contributed by atoms with Crippen LogP contribution in [0.5, 0.6) is 0 Å². The predicted octanol–water partition coefficient (Wildman–Crippen LogP) is -0.244. The molecule has 27 heavy (non-hydrogen) atoms. The highest BCUT2D eigenvalue weighted by atomic mass is 16.5. The summed E-state index contributed by atoms with van der Waals surface area (Å²) in [7, 11) is 3.92. The molecule has 3 atom stereocenters. The number of ether oxygens (including phenoxy) is 1. The molecule has 148 valence electrons. The summed E-state index contributed by atoms with van der Waals surface area (Å²) in [5.41, 5.74) is 5.86. The lowest BCUT2D eigenvalue weighted by Gasteiger charge is -2.44. The number of nitrogens with zero attached hydrogens (tertiary/aromatic N) is 4. The maximum Gasteiger partial charge on any atom is 0.305 e. The van der Waals surface area contributed by atoms with Gasteiger partial charge in [-0.3, -0.25) is 14.6 Å². The lowest BCUT2D eigenvalue weighted by atomic mass is 9.70. The molecule has 2 aromatic heterocycles. The smallest absolute Gasteiger partial charge is 0.305 e. The van der Waals surface area contributed by atoms with Gasteiger partial charge in [-0.05, 0) is 33.5 Å². The van der Waals surface area contributed by atoms with Crippen molar-refractivity contribution in [3.63, 3.8) is 0 Å². The summed E-state index contributed by atoms with van der Waals surface area (Å²) < 4.78 is 7.14. The molecule has 1 aliphatic carbocycles. The summed E-state index contributed by atoms with van der Waals surface area (Å²) in [6.45, 7) is 1.07. The minimum atomic E-state index is -0.390. The molecule has 1 fully saturated rings. The number of rotatable bonds is 8. The number of aliphatic hydroxyl groups excluding tert-OH is 1. The molecule has 3 rings (SSSR count). The third kappa shape index (κ3) is 4.11. The number of anilines is 1. The van der Waals surface area contributed by atoms with E-state index >= 15 is 0 Å². The van der Waals surface area contributed by atoms with Crippen LogP contribution in [0.25, 0.3) is 11.2 Å². The average Bonchev–Trinajstić information content (AvgIpc) is 2.97. The average molecular weight is 378 g/mol. The lowest BCUT2D eigenvalue weighted by molar-refractivity contribution is -0.148. The predicted molar refractivity (Wildman–Crippen MR) is 99.0 cm³/mol. The maximum absolute atomic E-state index is 11.9. The highest BCUT2D eigenvalue weighted by Crippen LogP contribution is 2.44.